The first-order valence-electron chi connectivity index (χ1n) is 3.56. The number of hydrogen-bond acceptors (Lipinski definition) is 4. The molecule has 1 aromatic heterocycles. The van der Waals surface area contributed by atoms with E-state index in [-0.39, 0.29) is 6.54 Å². The Labute approximate surface area is 89.5 Å². The normalized spacial score (nSPS) is 9.69. The van der Waals surface area contributed by atoms with Gasteiger partial charge in [-0.15, -0.1) is 0 Å². The Kier molecular flexibility index (Phi) is 3.40. The Balaban J connectivity index is 2.71. The van der Waals surface area contributed by atoms with Crippen LogP contribution in [-0.2, 0) is 4.79 Å². The molecule has 0 atom stereocenters. The van der Waals surface area contributed by atoms with Crippen molar-refractivity contribution in [1.82, 2.24) is 9.97 Å². The highest BCUT2D eigenvalue weighted by atomic mass is 127. The number of carbonyl (C=O) groups is 1. The molecule has 5 nitrogen and oxygen atoms in total. The lowest BCUT2D eigenvalue weighted by atomic mass is 10.5. The second-order valence-corrected chi connectivity index (χ2v) is 3.77. The monoisotopic (exact) mass is 292 g/mol. The van der Waals surface area contributed by atoms with Crippen LogP contribution in [0, 0.1) is 3.57 Å². The van der Waals surface area contributed by atoms with Gasteiger partial charge in [0.2, 0.25) is 11.9 Å². The lowest BCUT2D eigenvalue weighted by Gasteiger charge is -2.13. The van der Waals surface area contributed by atoms with Crippen molar-refractivity contribution >= 4 is 34.4 Å². The summed E-state index contributed by atoms with van der Waals surface area (Å²) < 4.78 is 0.953. The number of anilines is 1. The summed E-state index contributed by atoms with van der Waals surface area (Å²) >= 11 is 2.11. The molecule has 0 aliphatic carbocycles. The molecule has 0 bridgehead atoms. The van der Waals surface area contributed by atoms with Crippen molar-refractivity contribution in [2.75, 3.05) is 18.5 Å². The number of halogens is 1. The van der Waals surface area contributed by atoms with Crippen LogP contribution >= 0.6 is 22.6 Å². The first-order valence-corrected chi connectivity index (χ1v) is 4.64. The summed E-state index contributed by atoms with van der Waals surface area (Å²) in [6.45, 7) is 0.126. The molecular formula is C7H9IN4O. The molecule has 0 aromatic carbocycles. The van der Waals surface area contributed by atoms with E-state index in [9.17, 15) is 4.79 Å². The number of amides is 1. The van der Waals surface area contributed by atoms with Crippen molar-refractivity contribution in [2.45, 2.75) is 0 Å². The standard InChI is InChI=1S/C7H9IN4O/c1-12(4-6(9)13)7-10-2-5(8)3-11-7/h2-3H,4H2,1H3,(H2,9,13). The molecule has 1 amide bonds. The smallest absolute Gasteiger partial charge is 0.237 e. The van der Waals surface area contributed by atoms with Crippen molar-refractivity contribution in [3.05, 3.63) is 16.0 Å². The van der Waals surface area contributed by atoms with Crippen LogP contribution < -0.4 is 10.6 Å². The maximum absolute atomic E-state index is 10.6. The predicted molar refractivity (Wildman–Crippen MR) is 57.2 cm³/mol. The molecule has 0 unspecified atom stereocenters. The maximum atomic E-state index is 10.6. The lowest BCUT2D eigenvalue weighted by molar-refractivity contribution is -0.116. The minimum absolute atomic E-state index is 0.126. The number of carbonyl (C=O) groups excluding carboxylic acids is 1. The predicted octanol–water partition coefficient (Wildman–Crippen LogP) is 0.00270. The van der Waals surface area contributed by atoms with E-state index < -0.39 is 5.91 Å². The third-order valence-electron chi connectivity index (χ3n) is 1.34. The Bertz CT molecular complexity index is 300. The number of aromatic nitrogens is 2. The summed E-state index contributed by atoms with van der Waals surface area (Å²) in [5.41, 5.74) is 5.02. The van der Waals surface area contributed by atoms with Crippen molar-refractivity contribution in [3.8, 4) is 0 Å². The average Bonchev–Trinajstić information content (AvgIpc) is 2.04. The number of likely N-dealkylation sites (N-methyl/N-ethyl adjacent to an activating group) is 1. The minimum Gasteiger partial charge on any atom is -0.368 e. The molecule has 0 fully saturated rings. The van der Waals surface area contributed by atoms with Gasteiger partial charge in [-0.1, -0.05) is 0 Å². The number of nitrogens with zero attached hydrogens (tertiary/aromatic N) is 3. The van der Waals surface area contributed by atoms with Crippen molar-refractivity contribution < 1.29 is 4.79 Å². The van der Waals surface area contributed by atoms with Crippen LogP contribution in [0.25, 0.3) is 0 Å². The van der Waals surface area contributed by atoms with Crippen LogP contribution in [0.5, 0.6) is 0 Å². The van der Waals surface area contributed by atoms with Crippen LogP contribution in [0.15, 0.2) is 12.4 Å². The summed E-state index contributed by atoms with van der Waals surface area (Å²) in [5.74, 6) is 0.101. The summed E-state index contributed by atoms with van der Waals surface area (Å²) in [6.07, 6.45) is 3.36. The molecule has 0 spiro atoms. The van der Waals surface area contributed by atoms with Crippen LogP contribution in [-0.4, -0.2) is 29.5 Å². The number of primary amides is 1. The first-order chi connectivity index (χ1) is 6.09. The van der Waals surface area contributed by atoms with E-state index in [4.69, 9.17) is 5.73 Å². The molecule has 1 aromatic rings. The van der Waals surface area contributed by atoms with Crippen molar-refractivity contribution in [1.29, 1.82) is 0 Å². The summed E-state index contributed by atoms with van der Waals surface area (Å²) in [6, 6.07) is 0. The maximum Gasteiger partial charge on any atom is 0.237 e. The molecule has 13 heavy (non-hydrogen) atoms. The zero-order valence-corrected chi connectivity index (χ0v) is 9.22. The largest absolute Gasteiger partial charge is 0.368 e. The summed E-state index contributed by atoms with van der Waals surface area (Å²) in [4.78, 5) is 20.2. The number of nitrogens with two attached hydrogens (primary N) is 1. The zero-order valence-electron chi connectivity index (χ0n) is 7.07. The fraction of sp³-hybridized carbons (Fsp3) is 0.286. The Morgan fingerprint density at radius 2 is 2.15 bits per heavy atom. The fourth-order valence-electron chi connectivity index (χ4n) is 0.807. The van der Waals surface area contributed by atoms with E-state index in [1.807, 2.05) is 0 Å². The van der Waals surface area contributed by atoms with Gasteiger partial charge in [0.05, 0.1) is 6.54 Å². The summed E-state index contributed by atoms with van der Waals surface area (Å²) in [7, 11) is 1.72. The molecule has 0 saturated carbocycles. The van der Waals surface area contributed by atoms with Gasteiger partial charge in [0.1, 0.15) is 0 Å². The molecule has 70 valence electrons. The quantitative estimate of drug-likeness (QED) is 0.796. The van der Waals surface area contributed by atoms with Crippen molar-refractivity contribution in [3.63, 3.8) is 0 Å². The molecule has 0 aliphatic heterocycles. The second kappa shape index (κ2) is 4.35. The van der Waals surface area contributed by atoms with Crippen LogP contribution in [0.1, 0.15) is 0 Å². The molecule has 1 rings (SSSR count). The van der Waals surface area contributed by atoms with Crippen LogP contribution in [0.4, 0.5) is 5.95 Å². The number of hydrogen-bond donors (Lipinski definition) is 1. The van der Waals surface area contributed by atoms with Crippen LogP contribution in [0.2, 0.25) is 0 Å². The van der Waals surface area contributed by atoms with Gasteiger partial charge in [0.25, 0.3) is 0 Å². The van der Waals surface area contributed by atoms with E-state index in [0.29, 0.717) is 5.95 Å². The topological polar surface area (TPSA) is 72.1 Å². The molecule has 0 radical (unpaired) electrons. The number of rotatable bonds is 3. The van der Waals surface area contributed by atoms with Gasteiger partial charge in [-0.3, -0.25) is 4.79 Å². The second-order valence-electron chi connectivity index (χ2n) is 2.52. The van der Waals surface area contributed by atoms with Gasteiger partial charge >= 0.3 is 0 Å². The fourth-order valence-corrected chi connectivity index (χ4v) is 1.09. The van der Waals surface area contributed by atoms with Gasteiger partial charge in [-0.05, 0) is 22.6 Å². The first kappa shape index (κ1) is 10.2. The van der Waals surface area contributed by atoms with Gasteiger partial charge in [-0.25, -0.2) is 9.97 Å². The molecule has 0 aliphatic rings. The molecule has 6 heteroatoms. The van der Waals surface area contributed by atoms with Crippen LogP contribution in [0.3, 0.4) is 0 Å². The average molecular weight is 292 g/mol. The van der Waals surface area contributed by atoms with E-state index >= 15 is 0 Å². The van der Waals surface area contributed by atoms with E-state index in [0.717, 1.165) is 3.57 Å². The Morgan fingerprint density at radius 1 is 1.62 bits per heavy atom. The highest BCUT2D eigenvalue weighted by molar-refractivity contribution is 14.1. The van der Waals surface area contributed by atoms with E-state index in [2.05, 4.69) is 32.6 Å². The van der Waals surface area contributed by atoms with Gasteiger partial charge in [0.15, 0.2) is 0 Å². The molecule has 0 saturated heterocycles. The lowest BCUT2D eigenvalue weighted by Crippen LogP contribution is -2.31. The van der Waals surface area contributed by atoms with Gasteiger partial charge < -0.3 is 10.6 Å². The highest BCUT2D eigenvalue weighted by Crippen LogP contribution is 2.05. The Hall–Kier alpha value is -0.920. The molecule has 1 heterocycles. The molecule has 2 N–H and O–H groups in total. The van der Waals surface area contributed by atoms with Gasteiger partial charge in [-0.2, -0.15) is 0 Å². The zero-order chi connectivity index (χ0) is 9.84. The molecular weight excluding hydrogens is 283 g/mol. The van der Waals surface area contributed by atoms with Crippen molar-refractivity contribution in [2.24, 2.45) is 5.73 Å². The van der Waals surface area contributed by atoms with E-state index in [1.165, 1.54) is 0 Å². The minimum atomic E-state index is -0.398. The van der Waals surface area contributed by atoms with E-state index in [1.54, 1.807) is 24.3 Å². The third kappa shape index (κ3) is 3.13. The third-order valence-corrected chi connectivity index (χ3v) is 1.90. The summed E-state index contributed by atoms with van der Waals surface area (Å²) in [5, 5.41) is 0. The highest BCUT2D eigenvalue weighted by Gasteiger charge is 2.05. The SMILES string of the molecule is CN(CC(N)=O)c1ncc(I)cn1. The van der Waals surface area contributed by atoms with Gasteiger partial charge in [0, 0.05) is 23.0 Å². The Morgan fingerprint density at radius 3 is 2.62 bits per heavy atom.